The van der Waals surface area contributed by atoms with E-state index in [9.17, 15) is 9.18 Å². The largest absolute Gasteiger partial charge is 0.450 e. The van der Waals surface area contributed by atoms with E-state index >= 15 is 0 Å². The van der Waals surface area contributed by atoms with Gasteiger partial charge in [-0.2, -0.15) is 0 Å². The van der Waals surface area contributed by atoms with Crippen molar-refractivity contribution in [1.82, 2.24) is 4.90 Å². The Labute approximate surface area is 87.5 Å². The number of amides is 1. The van der Waals surface area contributed by atoms with Crippen molar-refractivity contribution in [1.29, 1.82) is 0 Å². The maximum absolute atomic E-state index is 13.3. The lowest BCUT2D eigenvalue weighted by Crippen LogP contribution is -2.26. The van der Waals surface area contributed by atoms with E-state index in [0.29, 0.717) is 25.3 Å². The summed E-state index contributed by atoms with van der Waals surface area (Å²) in [5, 5.41) is 0. The lowest BCUT2D eigenvalue weighted by atomic mass is 10.1. The van der Waals surface area contributed by atoms with Crippen LogP contribution < -0.4 is 0 Å². The SMILES string of the molecule is CCOC(=O)N1Cc2cccc(F)c2C1. The molecule has 0 spiro atoms. The van der Waals surface area contributed by atoms with Gasteiger partial charge in [-0.3, -0.25) is 4.90 Å². The summed E-state index contributed by atoms with van der Waals surface area (Å²) in [5.41, 5.74) is 1.47. The fourth-order valence-electron chi connectivity index (χ4n) is 1.72. The first kappa shape index (κ1) is 9.96. The summed E-state index contributed by atoms with van der Waals surface area (Å²) >= 11 is 0. The van der Waals surface area contributed by atoms with Crippen molar-refractivity contribution in [3.05, 3.63) is 35.1 Å². The van der Waals surface area contributed by atoms with Crippen LogP contribution in [0.5, 0.6) is 0 Å². The normalized spacial score (nSPS) is 13.9. The summed E-state index contributed by atoms with van der Waals surface area (Å²) in [6.45, 7) is 2.84. The second-order valence-electron chi connectivity index (χ2n) is 3.43. The van der Waals surface area contributed by atoms with Crippen molar-refractivity contribution in [2.75, 3.05) is 6.61 Å². The predicted molar refractivity (Wildman–Crippen MR) is 52.7 cm³/mol. The molecule has 1 aromatic rings. The van der Waals surface area contributed by atoms with Gasteiger partial charge in [0, 0.05) is 12.1 Å². The summed E-state index contributed by atoms with van der Waals surface area (Å²) in [7, 11) is 0. The van der Waals surface area contributed by atoms with Crippen molar-refractivity contribution in [2.24, 2.45) is 0 Å². The van der Waals surface area contributed by atoms with Gasteiger partial charge in [0.15, 0.2) is 0 Å². The van der Waals surface area contributed by atoms with Crippen LogP contribution in [0.2, 0.25) is 0 Å². The molecule has 0 atom stereocenters. The van der Waals surface area contributed by atoms with Gasteiger partial charge in [0.25, 0.3) is 0 Å². The molecule has 0 saturated carbocycles. The van der Waals surface area contributed by atoms with Crippen LogP contribution in [0, 0.1) is 5.82 Å². The third kappa shape index (κ3) is 1.79. The van der Waals surface area contributed by atoms with Crippen LogP contribution in [-0.4, -0.2) is 17.6 Å². The third-order valence-corrected chi connectivity index (χ3v) is 2.45. The molecule has 2 rings (SSSR count). The minimum Gasteiger partial charge on any atom is -0.450 e. The molecule has 1 heterocycles. The van der Waals surface area contributed by atoms with Crippen molar-refractivity contribution in [3.63, 3.8) is 0 Å². The van der Waals surface area contributed by atoms with Gasteiger partial charge in [-0.1, -0.05) is 12.1 Å². The Balaban J connectivity index is 2.15. The van der Waals surface area contributed by atoms with E-state index in [-0.39, 0.29) is 11.9 Å². The molecule has 15 heavy (non-hydrogen) atoms. The number of rotatable bonds is 1. The van der Waals surface area contributed by atoms with E-state index in [1.54, 1.807) is 13.0 Å². The Morgan fingerprint density at radius 3 is 3.00 bits per heavy atom. The topological polar surface area (TPSA) is 29.5 Å². The maximum Gasteiger partial charge on any atom is 0.410 e. The Morgan fingerprint density at radius 1 is 1.53 bits per heavy atom. The average molecular weight is 209 g/mol. The molecule has 0 saturated heterocycles. The van der Waals surface area contributed by atoms with Gasteiger partial charge in [-0.15, -0.1) is 0 Å². The van der Waals surface area contributed by atoms with Crippen LogP contribution in [-0.2, 0) is 17.8 Å². The molecule has 1 aromatic carbocycles. The van der Waals surface area contributed by atoms with Crippen molar-refractivity contribution >= 4 is 6.09 Å². The molecule has 3 nitrogen and oxygen atoms in total. The highest BCUT2D eigenvalue weighted by Gasteiger charge is 2.26. The Morgan fingerprint density at radius 2 is 2.33 bits per heavy atom. The second kappa shape index (κ2) is 3.88. The molecule has 1 aliphatic heterocycles. The minimum absolute atomic E-state index is 0.251. The van der Waals surface area contributed by atoms with Gasteiger partial charge in [0.05, 0.1) is 13.2 Å². The number of carbonyl (C=O) groups is 1. The van der Waals surface area contributed by atoms with Gasteiger partial charge < -0.3 is 4.74 Å². The van der Waals surface area contributed by atoms with Gasteiger partial charge >= 0.3 is 6.09 Å². The van der Waals surface area contributed by atoms with E-state index in [0.717, 1.165) is 5.56 Å². The Bertz CT molecular complexity index is 392. The zero-order valence-electron chi connectivity index (χ0n) is 8.50. The van der Waals surface area contributed by atoms with Crippen LogP contribution in [0.3, 0.4) is 0 Å². The Hall–Kier alpha value is -1.58. The first-order chi connectivity index (χ1) is 7.22. The molecule has 1 amide bonds. The van der Waals surface area contributed by atoms with E-state index in [1.165, 1.54) is 11.0 Å². The number of carbonyl (C=O) groups excluding carboxylic acids is 1. The molecule has 0 radical (unpaired) electrons. The van der Waals surface area contributed by atoms with E-state index < -0.39 is 0 Å². The van der Waals surface area contributed by atoms with Crippen molar-refractivity contribution < 1.29 is 13.9 Å². The highest BCUT2D eigenvalue weighted by Crippen LogP contribution is 2.25. The smallest absolute Gasteiger partial charge is 0.410 e. The van der Waals surface area contributed by atoms with E-state index in [1.807, 2.05) is 6.07 Å². The minimum atomic E-state index is -0.381. The van der Waals surface area contributed by atoms with E-state index in [2.05, 4.69) is 0 Å². The van der Waals surface area contributed by atoms with Crippen LogP contribution in [0.1, 0.15) is 18.1 Å². The molecule has 0 aromatic heterocycles. The standard InChI is InChI=1S/C11H12FNO2/c1-2-15-11(14)13-6-8-4-3-5-10(12)9(8)7-13/h3-5H,2,6-7H2,1H3. The molecule has 4 heteroatoms. The molecular weight excluding hydrogens is 197 g/mol. The summed E-state index contributed by atoms with van der Waals surface area (Å²) in [6, 6.07) is 4.90. The van der Waals surface area contributed by atoms with Crippen molar-refractivity contribution in [3.8, 4) is 0 Å². The molecule has 1 aliphatic rings. The zero-order chi connectivity index (χ0) is 10.8. The molecular formula is C11H12FNO2. The molecule has 0 fully saturated rings. The summed E-state index contributed by atoms with van der Waals surface area (Å²) in [6.07, 6.45) is -0.381. The number of fused-ring (bicyclic) bond motifs is 1. The first-order valence-electron chi connectivity index (χ1n) is 4.90. The number of halogens is 1. The fraction of sp³-hybridized carbons (Fsp3) is 0.364. The lowest BCUT2D eigenvalue weighted by molar-refractivity contribution is 0.106. The maximum atomic E-state index is 13.3. The van der Waals surface area contributed by atoms with Gasteiger partial charge in [0.2, 0.25) is 0 Å². The van der Waals surface area contributed by atoms with Gasteiger partial charge in [-0.25, -0.2) is 9.18 Å². The highest BCUT2D eigenvalue weighted by molar-refractivity contribution is 5.68. The number of nitrogens with zero attached hydrogens (tertiary/aromatic N) is 1. The predicted octanol–water partition coefficient (Wildman–Crippen LogP) is 2.30. The van der Waals surface area contributed by atoms with Gasteiger partial charge in [0.1, 0.15) is 5.82 Å². The Kier molecular flexibility index (Phi) is 2.58. The summed E-state index contributed by atoms with van der Waals surface area (Å²) < 4.78 is 18.2. The fourth-order valence-corrected chi connectivity index (χ4v) is 1.72. The van der Waals surface area contributed by atoms with Crippen LogP contribution >= 0.6 is 0 Å². The average Bonchev–Trinajstić information content (AvgIpc) is 2.63. The number of hydrogen-bond acceptors (Lipinski definition) is 2. The third-order valence-electron chi connectivity index (χ3n) is 2.45. The molecule has 0 N–H and O–H groups in total. The van der Waals surface area contributed by atoms with E-state index in [4.69, 9.17) is 4.74 Å². The number of ether oxygens (including phenoxy) is 1. The number of hydrogen-bond donors (Lipinski definition) is 0. The summed E-state index contributed by atoms with van der Waals surface area (Å²) in [5.74, 6) is -0.251. The van der Waals surface area contributed by atoms with Crippen LogP contribution in [0.25, 0.3) is 0 Å². The highest BCUT2D eigenvalue weighted by atomic mass is 19.1. The van der Waals surface area contributed by atoms with Gasteiger partial charge in [-0.05, 0) is 18.6 Å². The quantitative estimate of drug-likeness (QED) is 0.710. The van der Waals surface area contributed by atoms with Crippen LogP contribution in [0.15, 0.2) is 18.2 Å². The molecule has 80 valence electrons. The summed E-state index contributed by atoms with van der Waals surface area (Å²) in [4.78, 5) is 12.9. The second-order valence-corrected chi connectivity index (χ2v) is 3.43. The van der Waals surface area contributed by atoms with Crippen molar-refractivity contribution in [2.45, 2.75) is 20.0 Å². The molecule has 0 bridgehead atoms. The first-order valence-corrected chi connectivity index (χ1v) is 4.90. The van der Waals surface area contributed by atoms with Crippen LogP contribution in [0.4, 0.5) is 9.18 Å². The molecule has 0 unspecified atom stereocenters. The number of benzene rings is 1. The monoisotopic (exact) mass is 209 g/mol. The lowest BCUT2D eigenvalue weighted by Gasteiger charge is -2.13. The zero-order valence-corrected chi connectivity index (χ0v) is 8.50. The molecule has 0 aliphatic carbocycles.